The van der Waals surface area contributed by atoms with Gasteiger partial charge in [0.2, 0.25) is 0 Å². The first-order chi connectivity index (χ1) is 9.47. The fourth-order valence-electron chi connectivity index (χ4n) is 2.30. The van der Waals surface area contributed by atoms with Gasteiger partial charge in [-0.1, -0.05) is 25.5 Å². The molecule has 0 saturated heterocycles. The van der Waals surface area contributed by atoms with Crippen molar-refractivity contribution in [3.8, 4) is 5.75 Å². The minimum atomic E-state index is -1.28. The number of ether oxygens (including phenoxy) is 2. The summed E-state index contributed by atoms with van der Waals surface area (Å²) in [6, 6.07) is 7.15. The third kappa shape index (κ3) is 3.73. The van der Waals surface area contributed by atoms with Gasteiger partial charge in [0.05, 0.1) is 19.6 Å². The Morgan fingerprint density at radius 1 is 1.40 bits per heavy atom. The molecule has 0 radical (unpaired) electrons. The maximum atomic E-state index is 12.1. The zero-order valence-electron chi connectivity index (χ0n) is 12.7. The molecule has 0 aliphatic rings. The molecule has 4 heteroatoms. The minimum absolute atomic E-state index is 0.313. The maximum Gasteiger partial charge on any atom is 0.312 e. The van der Waals surface area contributed by atoms with Crippen LogP contribution in [0.1, 0.15) is 39.2 Å². The van der Waals surface area contributed by atoms with Crippen LogP contribution in [0.3, 0.4) is 0 Å². The van der Waals surface area contributed by atoms with E-state index >= 15 is 0 Å². The Morgan fingerprint density at radius 3 is 2.65 bits per heavy atom. The Hall–Kier alpha value is -1.55. The molecule has 1 aromatic carbocycles. The second-order valence-corrected chi connectivity index (χ2v) is 4.97. The number of aliphatic hydroxyl groups is 1. The summed E-state index contributed by atoms with van der Waals surface area (Å²) in [5.74, 6) is -0.288. The van der Waals surface area contributed by atoms with Crippen LogP contribution >= 0.6 is 0 Å². The highest BCUT2D eigenvalue weighted by molar-refractivity contribution is 5.74. The first kappa shape index (κ1) is 16.5. The number of hydrogen-bond acceptors (Lipinski definition) is 4. The Kier molecular flexibility index (Phi) is 6.02. The van der Waals surface area contributed by atoms with Crippen molar-refractivity contribution < 1.29 is 19.4 Å². The topological polar surface area (TPSA) is 55.8 Å². The molecule has 4 nitrogen and oxygen atoms in total. The quantitative estimate of drug-likeness (QED) is 0.780. The molecule has 1 N–H and O–H groups in total. The van der Waals surface area contributed by atoms with Crippen molar-refractivity contribution in [3.63, 3.8) is 0 Å². The lowest BCUT2D eigenvalue weighted by atomic mass is 9.80. The first-order valence-corrected chi connectivity index (χ1v) is 7.00. The maximum absolute atomic E-state index is 12.1. The number of methoxy groups -OCH3 is 1. The van der Waals surface area contributed by atoms with E-state index in [1.54, 1.807) is 45.2 Å². The molecular weight excluding hydrogens is 256 g/mol. The fourth-order valence-corrected chi connectivity index (χ4v) is 2.30. The van der Waals surface area contributed by atoms with Crippen molar-refractivity contribution in [3.05, 3.63) is 29.8 Å². The Balaban J connectivity index is 3.10. The van der Waals surface area contributed by atoms with Crippen molar-refractivity contribution in [2.45, 2.75) is 39.2 Å². The molecule has 0 fully saturated rings. The largest absolute Gasteiger partial charge is 0.497 e. The first-order valence-electron chi connectivity index (χ1n) is 7.00. The van der Waals surface area contributed by atoms with Crippen LogP contribution in [0.15, 0.2) is 24.3 Å². The normalized spacial score (nSPS) is 15.2. The summed E-state index contributed by atoms with van der Waals surface area (Å²) in [6.07, 6.45) is 1.37. The van der Waals surface area contributed by atoms with Gasteiger partial charge in [-0.2, -0.15) is 0 Å². The van der Waals surface area contributed by atoms with E-state index < -0.39 is 11.5 Å². The van der Waals surface area contributed by atoms with Gasteiger partial charge in [-0.15, -0.1) is 0 Å². The van der Waals surface area contributed by atoms with E-state index in [9.17, 15) is 9.90 Å². The highest BCUT2D eigenvalue weighted by atomic mass is 16.5. The van der Waals surface area contributed by atoms with Crippen LogP contribution in [-0.4, -0.2) is 24.8 Å². The second-order valence-electron chi connectivity index (χ2n) is 4.97. The van der Waals surface area contributed by atoms with Crippen molar-refractivity contribution >= 4 is 5.97 Å². The van der Waals surface area contributed by atoms with E-state index in [4.69, 9.17) is 9.47 Å². The highest BCUT2D eigenvalue weighted by Gasteiger charge is 2.39. The Bertz CT molecular complexity index is 440. The van der Waals surface area contributed by atoms with E-state index in [1.165, 1.54) is 0 Å². The molecule has 0 saturated carbocycles. The monoisotopic (exact) mass is 280 g/mol. The summed E-state index contributed by atoms with van der Waals surface area (Å²) in [5.41, 5.74) is -0.625. The van der Waals surface area contributed by atoms with Gasteiger partial charge in [-0.05, 0) is 38.0 Å². The number of carbonyl (C=O) groups is 1. The van der Waals surface area contributed by atoms with Gasteiger partial charge in [0.25, 0.3) is 0 Å². The van der Waals surface area contributed by atoms with Crippen molar-refractivity contribution in [1.29, 1.82) is 0 Å². The van der Waals surface area contributed by atoms with E-state index in [0.29, 0.717) is 24.3 Å². The third-order valence-corrected chi connectivity index (χ3v) is 3.48. The van der Waals surface area contributed by atoms with Crippen molar-refractivity contribution in [2.75, 3.05) is 13.7 Å². The number of esters is 1. The molecule has 20 heavy (non-hydrogen) atoms. The molecule has 1 rings (SSSR count). The van der Waals surface area contributed by atoms with Gasteiger partial charge in [-0.3, -0.25) is 4.79 Å². The molecule has 0 heterocycles. The van der Waals surface area contributed by atoms with Crippen LogP contribution in [0.25, 0.3) is 0 Å². The van der Waals surface area contributed by atoms with Crippen molar-refractivity contribution in [2.24, 2.45) is 5.92 Å². The molecule has 0 amide bonds. The summed E-state index contributed by atoms with van der Waals surface area (Å²) in [5, 5.41) is 10.8. The molecule has 0 aliphatic heterocycles. The van der Waals surface area contributed by atoms with E-state index in [1.807, 2.05) is 6.92 Å². The van der Waals surface area contributed by atoms with Crippen molar-refractivity contribution in [1.82, 2.24) is 0 Å². The van der Waals surface area contributed by atoms with Crippen LogP contribution in [0.2, 0.25) is 0 Å². The SMILES string of the molecule is CCCC(C(=O)OCC)C(C)(O)c1cccc(OC)c1. The second kappa shape index (κ2) is 7.29. The van der Waals surface area contributed by atoms with Crippen LogP contribution in [0, 0.1) is 5.92 Å². The minimum Gasteiger partial charge on any atom is -0.497 e. The molecule has 112 valence electrons. The number of hydrogen-bond donors (Lipinski definition) is 1. The van der Waals surface area contributed by atoms with Gasteiger partial charge in [-0.25, -0.2) is 0 Å². The highest BCUT2D eigenvalue weighted by Crippen LogP contribution is 2.34. The summed E-state index contributed by atoms with van der Waals surface area (Å²) >= 11 is 0. The van der Waals surface area contributed by atoms with Crippen LogP contribution in [0.5, 0.6) is 5.75 Å². The predicted octanol–water partition coefficient (Wildman–Crippen LogP) is 2.88. The smallest absolute Gasteiger partial charge is 0.312 e. The molecular formula is C16H24O4. The van der Waals surface area contributed by atoms with Gasteiger partial charge in [0.15, 0.2) is 0 Å². The van der Waals surface area contributed by atoms with Crippen LogP contribution in [-0.2, 0) is 15.1 Å². The molecule has 1 aromatic rings. The lowest BCUT2D eigenvalue weighted by Gasteiger charge is -2.31. The predicted molar refractivity (Wildman–Crippen MR) is 77.6 cm³/mol. The zero-order chi connectivity index (χ0) is 15.2. The zero-order valence-corrected chi connectivity index (χ0v) is 12.7. The van der Waals surface area contributed by atoms with E-state index in [-0.39, 0.29) is 5.97 Å². The molecule has 2 atom stereocenters. The summed E-state index contributed by atoms with van der Waals surface area (Å²) in [7, 11) is 1.57. The van der Waals surface area contributed by atoms with Gasteiger partial charge >= 0.3 is 5.97 Å². The molecule has 0 aromatic heterocycles. The Labute approximate surface area is 120 Å². The van der Waals surface area contributed by atoms with Gasteiger partial charge in [0, 0.05) is 0 Å². The number of carbonyl (C=O) groups excluding carboxylic acids is 1. The summed E-state index contributed by atoms with van der Waals surface area (Å²) < 4.78 is 10.3. The number of benzene rings is 1. The van der Waals surface area contributed by atoms with Gasteiger partial charge < -0.3 is 14.6 Å². The Morgan fingerprint density at radius 2 is 2.10 bits per heavy atom. The molecule has 0 spiro atoms. The molecule has 0 aliphatic carbocycles. The molecule has 2 unspecified atom stereocenters. The molecule has 0 bridgehead atoms. The van der Waals surface area contributed by atoms with Crippen LogP contribution < -0.4 is 4.74 Å². The lowest BCUT2D eigenvalue weighted by Crippen LogP contribution is -2.38. The van der Waals surface area contributed by atoms with E-state index in [2.05, 4.69) is 0 Å². The standard InChI is InChI=1S/C16H24O4/c1-5-8-14(15(17)20-6-2)16(3,18)12-9-7-10-13(11-12)19-4/h7,9-11,14,18H,5-6,8H2,1-4H3. The third-order valence-electron chi connectivity index (χ3n) is 3.48. The number of rotatable bonds is 7. The average Bonchev–Trinajstić information content (AvgIpc) is 2.44. The lowest BCUT2D eigenvalue weighted by molar-refractivity contribution is -0.158. The fraction of sp³-hybridized carbons (Fsp3) is 0.562. The van der Waals surface area contributed by atoms with E-state index in [0.717, 1.165) is 6.42 Å². The van der Waals surface area contributed by atoms with Gasteiger partial charge in [0.1, 0.15) is 11.4 Å². The summed E-state index contributed by atoms with van der Waals surface area (Å²) in [4.78, 5) is 12.1. The summed E-state index contributed by atoms with van der Waals surface area (Å²) in [6.45, 7) is 5.71. The van der Waals surface area contributed by atoms with Crippen LogP contribution in [0.4, 0.5) is 0 Å². The average molecular weight is 280 g/mol.